The van der Waals surface area contributed by atoms with Gasteiger partial charge in [0.15, 0.2) is 0 Å². The topological polar surface area (TPSA) is 57.7 Å². The van der Waals surface area contributed by atoms with Gasteiger partial charge in [-0.3, -0.25) is 9.10 Å². The molecule has 0 aromatic heterocycles. The summed E-state index contributed by atoms with van der Waals surface area (Å²) in [6.07, 6.45) is 1.10. The highest BCUT2D eigenvalue weighted by atomic mass is 35.5. The van der Waals surface area contributed by atoms with Crippen LogP contribution < -0.4 is 4.31 Å². The Morgan fingerprint density at radius 3 is 2.31 bits per heavy atom. The quantitative estimate of drug-likeness (QED) is 0.722. The van der Waals surface area contributed by atoms with Crippen molar-refractivity contribution in [3.63, 3.8) is 0 Å². The summed E-state index contributed by atoms with van der Waals surface area (Å²) in [5, 5.41) is 0.519. The Kier molecular flexibility index (Phi) is 6.67. The lowest BCUT2D eigenvalue weighted by Crippen LogP contribution is -2.42. The average Bonchev–Trinajstić information content (AvgIpc) is 2.58. The van der Waals surface area contributed by atoms with E-state index in [1.165, 1.54) is 0 Å². The number of nitrogens with zero attached hydrogens (tertiary/aromatic N) is 2. The molecule has 0 N–H and O–H groups in total. The molecule has 0 atom stereocenters. The standard InChI is InChI=1S/C19H23ClN2O3S/c1-4-21(13-16-8-6-5-7-9-16)19(23)14-22(26(3,24)25)18-11-10-17(20)12-15(18)2/h5-12H,4,13-14H2,1-3H3. The molecule has 0 aliphatic heterocycles. The summed E-state index contributed by atoms with van der Waals surface area (Å²) in [6.45, 7) is 4.32. The van der Waals surface area contributed by atoms with Crippen LogP contribution in [0.5, 0.6) is 0 Å². The van der Waals surface area contributed by atoms with Crippen molar-refractivity contribution in [3.05, 3.63) is 64.7 Å². The van der Waals surface area contributed by atoms with Crippen LogP contribution in [0.25, 0.3) is 0 Å². The second kappa shape index (κ2) is 8.56. The lowest BCUT2D eigenvalue weighted by Gasteiger charge is -2.28. The second-order valence-electron chi connectivity index (χ2n) is 6.09. The van der Waals surface area contributed by atoms with Crippen molar-refractivity contribution in [3.8, 4) is 0 Å². The lowest BCUT2D eigenvalue weighted by molar-refractivity contribution is -0.129. The van der Waals surface area contributed by atoms with Gasteiger partial charge >= 0.3 is 0 Å². The van der Waals surface area contributed by atoms with Crippen LogP contribution in [0.2, 0.25) is 5.02 Å². The summed E-state index contributed by atoms with van der Waals surface area (Å²) in [5.74, 6) is -0.254. The van der Waals surface area contributed by atoms with Crippen molar-refractivity contribution in [1.29, 1.82) is 0 Å². The van der Waals surface area contributed by atoms with Gasteiger partial charge in [-0.25, -0.2) is 8.42 Å². The van der Waals surface area contributed by atoms with E-state index in [-0.39, 0.29) is 12.5 Å². The van der Waals surface area contributed by atoms with Gasteiger partial charge in [0.05, 0.1) is 11.9 Å². The molecule has 0 aliphatic rings. The van der Waals surface area contributed by atoms with Crippen LogP contribution in [0.4, 0.5) is 5.69 Å². The maximum absolute atomic E-state index is 12.8. The van der Waals surface area contributed by atoms with Crippen molar-refractivity contribution >= 4 is 33.2 Å². The zero-order valence-corrected chi connectivity index (χ0v) is 16.7. The van der Waals surface area contributed by atoms with Gasteiger partial charge in [-0.2, -0.15) is 0 Å². The summed E-state index contributed by atoms with van der Waals surface area (Å²) in [7, 11) is -3.62. The molecule has 5 nitrogen and oxygen atoms in total. The van der Waals surface area contributed by atoms with Crippen LogP contribution in [0.1, 0.15) is 18.1 Å². The number of carbonyl (C=O) groups is 1. The number of likely N-dealkylation sites (N-methyl/N-ethyl adjacent to an activating group) is 1. The normalized spacial score (nSPS) is 11.2. The van der Waals surface area contributed by atoms with E-state index in [0.717, 1.165) is 16.1 Å². The second-order valence-corrected chi connectivity index (χ2v) is 8.44. The first kappa shape index (κ1) is 20.3. The Labute approximate surface area is 160 Å². The first-order valence-corrected chi connectivity index (χ1v) is 10.5. The molecular weight excluding hydrogens is 372 g/mol. The lowest BCUT2D eigenvalue weighted by atomic mass is 10.2. The van der Waals surface area contributed by atoms with Gasteiger partial charge in [0, 0.05) is 18.1 Å². The van der Waals surface area contributed by atoms with Crippen LogP contribution in [0.15, 0.2) is 48.5 Å². The molecule has 0 heterocycles. The Morgan fingerprint density at radius 2 is 1.77 bits per heavy atom. The molecule has 0 bridgehead atoms. The number of carbonyl (C=O) groups excluding carboxylic acids is 1. The Bertz CT molecular complexity index is 870. The molecule has 2 aromatic rings. The Balaban J connectivity index is 2.25. The van der Waals surface area contributed by atoms with Gasteiger partial charge in [-0.05, 0) is 43.2 Å². The number of benzene rings is 2. The van der Waals surface area contributed by atoms with Crippen molar-refractivity contribution < 1.29 is 13.2 Å². The van der Waals surface area contributed by atoms with E-state index < -0.39 is 10.0 Å². The molecule has 0 unspecified atom stereocenters. The molecule has 26 heavy (non-hydrogen) atoms. The minimum absolute atomic E-state index is 0.248. The van der Waals surface area contributed by atoms with E-state index in [4.69, 9.17) is 11.6 Å². The van der Waals surface area contributed by atoms with Gasteiger partial charge in [0.2, 0.25) is 15.9 Å². The maximum Gasteiger partial charge on any atom is 0.243 e. The molecule has 0 aliphatic carbocycles. The van der Waals surface area contributed by atoms with Crippen molar-refractivity contribution in [2.75, 3.05) is 23.7 Å². The fourth-order valence-corrected chi connectivity index (χ4v) is 3.82. The van der Waals surface area contributed by atoms with E-state index >= 15 is 0 Å². The third-order valence-electron chi connectivity index (χ3n) is 4.06. The zero-order valence-electron chi connectivity index (χ0n) is 15.1. The van der Waals surface area contributed by atoms with E-state index in [0.29, 0.717) is 29.4 Å². The molecule has 1 amide bonds. The van der Waals surface area contributed by atoms with E-state index in [9.17, 15) is 13.2 Å². The molecule has 0 spiro atoms. The van der Waals surface area contributed by atoms with Crippen molar-refractivity contribution in [2.45, 2.75) is 20.4 Å². The predicted octanol–water partition coefficient (Wildman–Crippen LogP) is 3.46. The van der Waals surface area contributed by atoms with Gasteiger partial charge in [-0.1, -0.05) is 41.9 Å². The number of anilines is 1. The predicted molar refractivity (Wildman–Crippen MR) is 106 cm³/mol. The highest BCUT2D eigenvalue weighted by Crippen LogP contribution is 2.25. The Morgan fingerprint density at radius 1 is 1.12 bits per heavy atom. The Hall–Kier alpha value is -2.05. The molecule has 7 heteroatoms. The van der Waals surface area contributed by atoms with Crippen LogP contribution >= 0.6 is 11.6 Å². The van der Waals surface area contributed by atoms with E-state index in [1.807, 2.05) is 37.3 Å². The summed E-state index contributed by atoms with van der Waals surface area (Å²) in [4.78, 5) is 14.4. The molecular formula is C19H23ClN2O3S. The third-order valence-corrected chi connectivity index (χ3v) is 5.42. The van der Waals surface area contributed by atoms with Gasteiger partial charge in [0.1, 0.15) is 6.54 Å². The first-order chi connectivity index (χ1) is 12.2. The minimum Gasteiger partial charge on any atom is -0.337 e. The van der Waals surface area contributed by atoms with Crippen LogP contribution in [-0.4, -0.2) is 38.6 Å². The number of halogens is 1. The smallest absolute Gasteiger partial charge is 0.243 e. The van der Waals surface area contributed by atoms with Crippen LogP contribution in [0.3, 0.4) is 0 Å². The van der Waals surface area contributed by atoms with E-state index in [1.54, 1.807) is 30.0 Å². The highest BCUT2D eigenvalue weighted by molar-refractivity contribution is 7.92. The number of sulfonamides is 1. The molecule has 0 saturated carbocycles. The van der Waals surface area contributed by atoms with Crippen molar-refractivity contribution in [1.82, 2.24) is 4.90 Å². The number of hydrogen-bond donors (Lipinski definition) is 0. The molecule has 140 valence electrons. The average molecular weight is 395 g/mol. The third kappa shape index (κ3) is 5.22. The molecule has 2 aromatic carbocycles. The summed E-state index contributed by atoms with van der Waals surface area (Å²) < 4.78 is 25.7. The van der Waals surface area contributed by atoms with Crippen LogP contribution in [-0.2, 0) is 21.4 Å². The summed E-state index contributed by atoms with van der Waals surface area (Å²) in [5.41, 5.74) is 2.15. The molecule has 0 fully saturated rings. The van der Waals surface area contributed by atoms with Crippen LogP contribution in [0, 0.1) is 6.92 Å². The van der Waals surface area contributed by atoms with E-state index in [2.05, 4.69) is 0 Å². The summed E-state index contributed by atoms with van der Waals surface area (Å²) in [6, 6.07) is 14.5. The fraction of sp³-hybridized carbons (Fsp3) is 0.316. The fourth-order valence-electron chi connectivity index (χ4n) is 2.68. The minimum atomic E-state index is -3.62. The van der Waals surface area contributed by atoms with Gasteiger partial charge in [-0.15, -0.1) is 0 Å². The largest absolute Gasteiger partial charge is 0.337 e. The highest BCUT2D eigenvalue weighted by Gasteiger charge is 2.24. The number of rotatable bonds is 7. The number of hydrogen-bond acceptors (Lipinski definition) is 3. The van der Waals surface area contributed by atoms with Gasteiger partial charge in [0.25, 0.3) is 0 Å². The molecule has 0 saturated heterocycles. The zero-order chi connectivity index (χ0) is 19.3. The van der Waals surface area contributed by atoms with Gasteiger partial charge < -0.3 is 4.90 Å². The number of aryl methyl sites for hydroxylation is 1. The molecule has 0 radical (unpaired) electrons. The molecule has 2 rings (SSSR count). The number of amides is 1. The summed E-state index contributed by atoms with van der Waals surface area (Å²) >= 11 is 5.96. The maximum atomic E-state index is 12.8. The SMILES string of the molecule is CCN(Cc1ccccc1)C(=O)CN(c1ccc(Cl)cc1C)S(C)(=O)=O. The monoisotopic (exact) mass is 394 g/mol. The van der Waals surface area contributed by atoms with Crippen molar-refractivity contribution in [2.24, 2.45) is 0 Å². The first-order valence-electron chi connectivity index (χ1n) is 8.28.